The minimum Gasteiger partial charge on any atom is -0.353 e. The summed E-state index contributed by atoms with van der Waals surface area (Å²) in [5.74, 6) is 0.893. The lowest BCUT2D eigenvalue weighted by Gasteiger charge is -2.32. The van der Waals surface area contributed by atoms with Gasteiger partial charge in [0, 0.05) is 38.2 Å². The van der Waals surface area contributed by atoms with Crippen LogP contribution in [0.15, 0.2) is 54.6 Å². The first-order chi connectivity index (χ1) is 15.5. The number of amides is 1. The quantitative estimate of drug-likeness (QED) is 0.520. The van der Waals surface area contributed by atoms with Gasteiger partial charge in [0.15, 0.2) is 10.6 Å². The Balaban J connectivity index is 1.29. The number of carbonyl (C=O) groups excluding carboxylic acids is 1. The summed E-state index contributed by atoms with van der Waals surface area (Å²) < 4.78 is 4.42. The molecule has 1 N–H and O–H groups in total. The molecule has 1 aliphatic heterocycles. The molecule has 3 aromatic rings. The summed E-state index contributed by atoms with van der Waals surface area (Å²) in [7, 11) is 1.92. The first kappa shape index (κ1) is 22.7. The zero-order valence-electron chi connectivity index (χ0n) is 18.2. The van der Waals surface area contributed by atoms with E-state index in [4.69, 9.17) is 28.9 Å². The van der Waals surface area contributed by atoms with Gasteiger partial charge in [-0.2, -0.15) is 5.10 Å². The summed E-state index contributed by atoms with van der Waals surface area (Å²) in [6.45, 7) is 2.42. The van der Waals surface area contributed by atoms with Crippen LogP contribution in [0.2, 0.25) is 5.02 Å². The number of aromatic nitrogens is 3. The third-order valence-electron chi connectivity index (χ3n) is 5.93. The molecule has 0 aliphatic carbocycles. The molecule has 0 spiro atoms. The highest BCUT2D eigenvalue weighted by Gasteiger charge is 2.22. The molecule has 2 aromatic carbocycles. The number of likely N-dealkylation sites (tertiary alicyclic amines) is 1. The maximum atomic E-state index is 12.3. The van der Waals surface area contributed by atoms with E-state index in [0.717, 1.165) is 43.7 Å². The molecule has 6 nitrogen and oxygen atoms in total. The molecule has 1 amide bonds. The van der Waals surface area contributed by atoms with Gasteiger partial charge < -0.3 is 9.88 Å². The number of carbonyl (C=O) groups is 1. The first-order valence-corrected chi connectivity index (χ1v) is 11.7. The molecule has 1 aliphatic rings. The Labute approximate surface area is 198 Å². The number of halogens is 1. The summed E-state index contributed by atoms with van der Waals surface area (Å²) in [4.78, 5) is 14.7. The molecule has 0 unspecified atom stereocenters. The van der Waals surface area contributed by atoms with E-state index in [2.05, 4.69) is 22.3 Å². The van der Waals surface area contributed by atoms with E-state index in [1.807, 2.05) is 58.8 Å². The van der Waals surface area contributed by atoms with E-state index in [-0.39, 0.29) is 11.9 Å². The smallest absolute Gasteiger partial charge is 0.220 e. The van der Waals surface area contributed by atoms with Crippen molar-refractivity contribution >= 4 is 29.7 Å². The van der Waals surface area contributed by atoms with Gasteiger partial charge in [0.2, 0.25) is 5.91 Å². The molecule has 2 heterocycles. The first-order valence-electron chi connectivity index (χ1n) is 11.0. The van der Waals surface area contributed by atoms with Crippen LogP contribution in [0.4, 0.5) is 0 Å². The minimum absolute atomic E-state index is 0.128. The van der Waals surface area contributed by atoms with Gasteiger partial charge in [-0.25, -0.2) is 4.68 Å². The van der Waals surface area contributed by atoms with Gasteiger partial charge in [-0.15, -0.1) is 0 Å². The Morgan fingerprint density at radius 1 is 1.12 bits per heavy atom. The number of hydrogen-bond acceptors (Lipinski definition) is 4. The van der Waals surface area contributed by atoms with Crippen molar-refractivity contribution in [1.29, 1.82) is 0 Å². The highest BCUT2D eigenvalue weighted by Crippen LogP contribution is 2.26. The van der Waals surface area contributed by atoms with Crippen molar-refractivity contribution in [3.8, 4) is 11.4 Å². The molecule has 1 fully saturated rings. The Hall–Kier alpha value is -2.48. The Kier molecular flexibility index (Phi) is 7.40. The van der Waals surface area contributed by atoms with Crippen molar-refractivity contribution < 1.29 is 4.79 Å². The van der Waals surface area contributed by atoms with Crippen LogP contribution in [-0.4, -0.2) is 44.3 Å². The van der Waals surface area contributed by atoms with E-state index >= 15 is 0 Å². The molecule has 0 radical (unpaired) electrons. The van der Waals surface area contributed by atoms with E-state index < -0.39 is 0 Å². The van der Waals surface area contributed by atoms with E-state index in [9.17, 15) is 4.79 Å². The monoisotopic (exact) mass is 469 g/mol. The fraction of sp³-hybridized carbons (Fsp3) is 0.375. The van der Waals surface area contributed by atoms with Crippen molar-refractivity contribution in [3.63, 3.8) is 0 Å². The lowest BCUT2D eigenvalue weighted by Crippen LogP contribution is -2.45. The second-order valence-electron chi connectivity index (χ2n) is 8.23. The number of benzene rings is 2. The molecule has 8 heteroatoms. The SMILES string of the molecule is Cn1c(-c2ccccc2Cl)nn(CN2CCC(NC(=O)CCc3ccccc3)CC2)c1=S. The lowest BCUT2D eigenvalue weighted by molar-refractivity contribution is -0.122. The number of aryl methyl sites for hydroxylation is 1. The average Bonchev–Trinajstić information content (AvgIpc) is 3.08. The zero-order valence-corrected chi connectivity index (χ0v) is 19.8. The molecule has 168 valence electrons. The van der Waals surface area contributed by atoms with E-state index in [0.29, 0.717) is 22.9 Å². The molecule has 0 bridgehead atoms. The van der Waals surface area contributed by atoms with Crippen LogP contribution in [0, 0.1) is 4.77 Å². The fourth-order valence-electron chi connectivity index (χ4n) is 4.07. The molecule has 4 rings (SSSR count). The van der Waals surface area contributed by atoms with Crippen molar-refractivity contribution in [2.45, 2.75) is 38.4 Å². The largest absolute Gasteiger partial charge is 0.353 e. The Bertz CT molecular complexity index is 1120. The molecule has 32 heavy (non-hydrogen) atoms. The summed E-state index contributed by atoms with van der Waals surface area (Å²) in [5, 5.41) is 8.59. The Morgan fingerprint density at radius 2 is 1.81 bits per heavy atom. The topological polar surface area (TPSA) is 55.1 Å². The number of nitrogens with zero attached hydrogens (tertiary/aromatic N) is 4. The maximum absolute atomic E-state index is 12.3. The van der Waals surface area contributed by atoms with Crippen LogP contribution in [0.3, 0.4) is 0 Å². The highest BCUT2D eigenvalue weighted by atomic mass is 35.5. The van der Waals surface area contributed by atoms with E-state index in [1.54, 1.807) is 0 Å². The van der Waals surface area contributed by atoms with Crippen molar-refractivity contribution in [3.05, 3.63) is 70.0 Å². The minimum atomic E-state index is 0.128. The van der Waals surface area contributed by atoms with Gasteiger partial charge in [-0.3, -0.25) is 9.69 Å². The van der Waals surface area contributed by atoms with Crippen molar-refractivity contribution in [2.24, 2.45) is 7.05 Å². The normalized spacial score (nSPS) is 15.1. The summed E-state index contributed by atoms with van der Waals surface area (Å²) >= 11 is 12.0. The van der Waals surface area contributed by atoms with Gasteiger partial charge in [0.05, 0.1) is 11.7 Å². The molecular weight excluding hydrogens is 442 g/mol. The second kappa shape index (κ2) is 10.4. The number of hydrogen-bond donors (Lipinski definition) is 1. The number of rotatable bonds is 7. The number of piperidine rings is 1. The zero-order chi connectivity index (χ0) is 22.5. The fourth-order valence-corrected chi connectivity index (χ4v) is 4.47. The van der Waals surface area contributed by atoms with Crippen LogP contribution >= 0.6 is 23.8 Å². The van der Waals surface area contributed by atoms with Crippen molar-refractivity contribution in [1.82, 2.24) is 24.6 Å². The molecule has 0 atom stereocenters. The van der Waals surface area contributed by atoms with Gasteiger partial charge in [-0.05, 0) is 49.2 Å². The third-order valence-corrected chi connectivity index (χ3v) is 6.74. The second-order valence-corrected chi connectivity index (χ2v) is 9.00. The molecule has 1 aromatic heterocycles. The maximum Gasteiger partial charge on any atom is 0.220 e. The molecule has 0 saturated carbocycles. The summed E-state index contributed by atoms with van der Waals surface area (Å²) in [6, 6.07) is 18.0. The van der Waals surface area contributed by atoms with Crippen molar-refractivity contribution in [2.75, 3.05) is 13.1 Å². The Morgan fingerprint density at radius 3 is 2.53 bits per heavy atom. The molecular formula is C24H28ClN5OS. The van der Waals surface area contributed by atoms with Gasteiger partial charge in [0.25, 0.3) is 0 Å². The summed E-state index contributed by atoms with van der Waals surface area (Å²) in [6.07, 6.45) is 3.15. The van der Waals surface area contributed by atoms with Gasteiger partial charge >= 0.3 is 0 Å². The summed E-state index contributed by atoms with van der Waals surface area (Å²) in [5.41, 5.74) is 2.07. The third kappa shape index (κ3) is 5.46. The van der Waals surface area contributed by atoms with Gasteiger partial charge in [-0.1, -0.05) is 54.1 Å². The number of nitrogens with one attached hydrogen (secondary N) is 1. The van der Waals surface area contributed by atoms with Crippen LogP contribution in [0.25, 0.3) is 11.4 Å². The van der Waals surface area contributed by atoms with Gasteiger partial charge in [0.1, 0.15) is 0 Å². The predicted molar refractivity (Wildman–Crippen MR) is 130 cm³/mol. The van der Waals surface area contributed by atoms with Crippen LogP contribution in [0.1, 0.15) is 24.8 Å². The average molecular weight is 470 g/mol. The van der Waals surface area contributed by atoms with Crippen LogP contribution in [0.5, 0.6) is 0 Å². The van der Waals surface area contributed by atoms with Crippen LogP contribution < -0.4 is 5.32 Å². The van der Waals surface area contributed by atoms with Crippen LogP contribution in [-0.2, 0) is 24.9 Å². The highest BCUT2D eigenvalue weighted by molar-refractivity contribution is 7.71. The molecule has 1 saturated heterocycles. The lowest BCUT2D eigenvalue weighted by atomic mass is 10.0. The standard InChI is InChI=1S/C24H28ClN5OS/c1-28-23(20-9-5-6-10-21(20)25)27-30(24(28)32)17-29-15-13-19(14-16-29)26-22(31)12-11-18-7-3-2-4-8-18/h2-10,19H,11-17H2,1H3,(H,26,31). The predicted octanol–water partition coefficient (Wildman–Crippen LogP) is 4.44. The van der Waals surface area contributed by atoms with E-state index in [1.165, 1.54) is 5.56 Å².